The maximum atomic E-state index is 11.1. The Morgan fingerprint density at radius 2 is 2.09 bits per heavy atom. The molecular weight excluding hydrogens is 292 g/mol. The molecule has 1 heterocycles. The van der Waals surface area contributed by atoms with E-state index in [2.05, 4.69) is 28.7 Å². The lowest BCUT2D eigenvalue weighted by Crippen LogP contribution is -2.22. The molecule has 0 spiro atoms. The first-order chi connectivity index (χ1) is 10.9. The summed E-state index contributed by atoms with van der Waals surface area (Å²) in [5.41, 5.74) is 1.82. The van der Waals surface area contributed by atoms with Gasteiger partial charge in [0.1, 0.15) is 5.82 Å². The first-order valence-electron chi connectivity index (χ1n) is 7.87. The Hall–Kier alpha value is -2.21. The molecule has 0 amide bonds. The molecule has 0 fully saturated rings. The number of rotatable bonds is 7. The van der Waals surface area contributed by atoms with Gasteiger partial charge in [-0.2, -0.15) is 0 Å². The smallest absolute Gasteiger partial charge is 0.272 e. The van der Waals surface area contributed by atoms with Crippen LogP contribution in [0.3, 0.4) is 0 Å². The summed E-state index contributed by atoms with van der Waals surface area (Å²) in [7, 11) is 0. The zero-order chi connectivity index (χ0) is 17.0. The van der Waals surface area contributed by atoms with Crippen LogP contribution in [0, 0.1) is 23.0 Å². The second-order valence-electron chi connectivity index (χ2n) is 6.24. The van der Waals surface area contributed by atoms with Crippen LogP contribution in [0.2, 0.25) is 0 Å². The van der Waals surface area contributed by atoms with E-state index in [0.29, 0.717) is 18.0 Å². The van der Waals surface area contributed by atoms with Gasteiger partial charge in [0.05, 0.1) is 11.5 Å². The van der Waals surface area contributed by atoms with E-state index in [1.807, 2.05) is 25.4 Å². The van der Waals surface area contributed by atoms with E-state index >= 15 is 0 Å². The molecule has 1 aromatic carbocycles. The van der Waals surface area contributed by atoms with Gasteiger partial charge >= 0.3 is 0 Å². The third kappa shape index (κ3) is 4.16. The van der Waals surface area contributed by atoms with Crippen molar-refractivity contribution in [1.29, 1.82) is 0 Å². The third-order valence-corrected chi connectivity index (χ3v) is 3.94. The maximum Gasteiger partial charge on any atom is 0.272 e. The molecule has 23 heavy (non-hydrogen) atoms. The molecule has 0 aliphatic carbocycles. The summed E-state index contributed by atoms with van der Waals surface area (Å²) in [5.74, 6) is 1.54. The Morgan fingerprint density at radius 3 is 2.74 bits per heavy atom. The van der Waals surface area contributed by atoms with Crippen LogP contribution in [0.4, 0.5) is 5.69 Å². The highest BCUT2D eigenvalue weighted by Gasteiger charge is 2.17. The van der Waals surface area contributed by atoms with Gasteiger partial charge in [-0.05, 0) is 25.3 Å². The molecule has 0 unspecified atom stereocenters. The molecule has 0 saturated carbocycles. The largest absolute Gasteiger partial charge is 0.334 e. The predicted octanol–water partition coefficient (Wildman–Crippen LogP) is 3.61. The number of aromatic nitrogens is 2. The molecule has 1 atom stereocenters. The number of hydrogen-bond donors (Lipinski definition) is 1. The molecule has 1 N–H and O–H groups in total. The number of nitrogens with one attached hydrogen (secondary N) is 1. The molecule has 0 aliphatic heterocycles. The Bertz CT molecular complexity index is 679. The number of benzene rings is 1. The fourth-order valence-corrected chi connectivity index (χ4v) is 2.73. The Balaban J connectivity index is 2.09. The second kappa shape index (κ2) is 7.37. The van der Waals surface area contributed by atoms with Crippen LogP contribution < -0.4 is 5.32 Å². The monoisotopic (exact) mass is 316 g/mol. The topological polar surface area (TPSA) is 73.0 Å². The minimum Gasteiger partial charge on any atom is -0.334 e. The van der Waals surface area contributed by atoms with Crippen LogP contribution in [0.15, 0.2) is 30.6 Å². The van der Waals surface area contributed by atoms with Crippen LogP contribution in [0.25, 0.3) is 0 Å². The van der Waals surface area contributed by atoms with Crippen molar-refractivity contribution in [2.24, 2.45) is 5.92 Å². The third-order valence-electron chi connectivity index (χ3n) is 3.94. The predicted molar refractivity (Wildman–Crippen MR) is 90.2 cm³/mol. The summed E-state index contributed by atoms with van der Waals surface area (Å²) < 4.78 is 2.14. The summed E-state index contributed by atoms with van der Waals surface area (Å²) >= 11 is 0. The van der Waals surface area contributed by atoms with Crippen molar-refractivity contribution in [1.82, 2.24) is 14.9 Å². The van der Waals surface area contributed by atoms with E-state index in [9.17, 15) is 10.1 Å². The van der Waals surface area contributed by atoms with Gasteiger partial charge in [-0.1, -0.05) is 26.0 Å². The summed E-state index contributed by atoms with van der Waals surface area (Å²) in [4.78, 5) is 15.1. The zero-order valence-corrected chi connectivity index (χ0v) is 14.1. The van der Waals surface area contributed by atoms with E-state index in [1.165, 1.54) is 0 Å². The lowest BCUT2D eigenvalue weighted by atomic mass is 10.0. The van der Waals surface area contributed by atoms with Crippen molar-refractivity contribution in [2.45, 2.75) is 46.8 Å². The quantitative estimate of drug-likeness (QED) is 0.625. The van der Waals surface area contributed by atoms with E-state index in [-0.39, 0.29) is 16.7 Å². The van der Waals surface area contributed by atoms with Crippen molar-refractivity contribution >= 4 is 5.69 Å². The van der Waals surface area contributed by atoms with Gasteiger partial charge in [0.15, 0.2) is 0 Å². The Morgan fingerprint density at radius 1 is 1.35 bits per heavy atom. The zero-order valence-electron chi connectivity index (χ0n) is 14.1. The lowest BCUT2D eigenvalue weighted by molar-refractivity contribution is -0.385. The number of imidazole rings is 1. The van der Waals surface area contributed by atoms with Gasteiger partial charge in [0.2, 0.25) is 0 Å². The minimum atomic E-state index is -0.332. The number of hydrogen-bond acceptors (Lipinski definition) is 4. The summed E-state index contributed by atoms with van der Waals surface area (Å²) in [6.45, 7) is 9.72. The molecule has 2 rings (SSSR count). The molecule has 0 bridgehead atoms. The molecule has 1 aromatic heterocycles. The Kier molecular flexibility index (Phi) is 5.50. The van der Waals surface area contributed by atoms with Crippen LogP contribution >= 0.6 is 0 Å². The first kappa shape index (κ1) is 17.1. The van der Waals surface area contributed by atoms with Gasteiger partial charge in [-0.15, -0.1) is 0 Å². The highest BCUT2D eigenvalue weighted by Crippen LogP contribution is 2.25. The molecule has 2 aromatic rings. The number of nitro benzene ring substituents is 1. The fraction of sp³-hybridized carbons (Fsp3) is 0.471. The summed E-state index contributed by atoms with van der Waals surface area (Å²) in [6, 6.07) is 5.22. The van der Waals surface area contributed by atoms with Crippen molar-refractivity contribution in [3.8, 4) is 0 Å². The van der Waals surface area contributed by atoms with Gasteiger partial charge in [0, 0.05) is 36.6 Å². The first-order valence-corrected chi connectivity index (χ1v) is 7.87. The normalized spacial score (nSPS) is 12.6. The average molecular weight is 316 g/mol. The van der Waals surface area contributed by atoms with Crippen LogP contribution in [-0.4, -0.2) is 14.5 Å². The van der Waals surface area contributed by atoms with Gasteiger partial charge < -0.3 is 9.88 Å². The molecule has 0 radical (unpaired) electrons. The van der Waals surface area contributed by atoms with Crippen LogP contribution in [0.1, 0.15) is 43.8 Å². The van der Waals surface area contributed by atoms with Gasteiger partial charge in [-0.25, -0.2) is 4.98 Å². The van der Waals surface area contributed by atoms with Crippen molar-refractivity contribution in [3.05, 3.63) is 57.7 Å². The molecule has 6 nitrogen and oxygen atoms in total. The molecule has 0 aliphatic rings. The molecule has 6 heteroatoms. The summed E-state index contributed by atoms with van der Waals surface area (Å²) in [5, 5.41) is 14.5. The Labute approximate surface area is 136 Å². The van der Waals surface area contributed by atoms with Gasteiger partial charge in [-0.3, -0.25) is 10.1 Å². The van der Waals surface area contributed by atoms with E-state index in [4.69, 9.17) is 0 Å². The summed E-state index contributed by atoms with van der Waals surface area (Å²) in [6.07, 6.45) is 3.79. The van der Waals surface area contributed by atoms with Gasteiger partial charge in [0.25, 0.3) is 5.69 Å². The average Bonchev–Trinajstić information content (AvgIpc) is 2.91. The van der Waals surface area contributed by atoms with E-state index in [1.54, 1.807) is 19.1 Å². The minimum absolute atomic E-state index is 0.0131. The van der Waals surface area contributed by atoms with Crippen LogP contribution in [-0.2, 0) is 13.1 Å². The van der Waals surface area contributed by atoms with Crippen molar-refractivity contribution in [2.75, 3.05) is 0 Å². The van der Waals surface area contributed by atoms with Crippen molar-refractivity contribution in [3.63, 3.8) is 0 Å². The standard InChI is InChI=1S/C17H24N4O2/c1-12(2)11-20-9-8-18-17(20)10-19-14(4)15-6-5-7-16(13(15)3)21(22)23/h5-9,12,14,19H,10-11H2,1-4H3/t14-/m0/s1. The SMILES string of the molecule is Cc1c([C@H](C)NCc2nccn2CC(C)C)cccc1[N+](=O)[O-]. The van der Waals surface area contributed by atoms with Crippen molar-refractivity contribution < 1.29 is 4.92 Å². The number of nitro groups is 1. The second-order valence-corrected chi connectivity index (χ2v) is 6.24. The highest BCUT2D eigenvalue weighted by molar-refractivity contribution is 5.45. The van der Waals surface area contributed by atoms with E-state index < -0.39 is 0 Å². The highest BCUT2D eigenvalue weighted by atomic mass is 16.6. The fourth-order valence-electron chi connectivity index (χ4n) is 2.73. The molecule has 0 saturated heterocycles. The molecule has 124 valence electrons. The van der Waals surface area contributed by atoms with E-state index in [0.717, 1.165) is 17.9 Å². The number of nitrogens with zero attached hydrogens (tertiary/aromatic N) is 3. The van der Waals surface area contributed by atoms with Crippen LogP contribution in [0.5, 0.6) is 0 Å². The lowest BCUT2D eigenvalue weighted by Gasteiger charge is -2.17. The maximum absolute atomic E-state index is 11.1. The molecular formula is C17H24N4O2.